The molecule has 0 unspecified atom stereocenters. The number of rotatable bonds is 2. The van der Waals surface area contributed by atoms with Gasteiger partial charge in [-0.2, -0.15) is 0 Å². The molecule has 1 aromatic carbocycles. The van der Waals surface area contributed by atoms with Gasteiger partial charge in [-0.25, -0.2) is 0 Å². The molecule has 0 radical (unpaired) electrons. The predicted octanol–water partition coefficient (Wildman–Crippen LogP) is 3.34. The summed E-state index contributed by atoms with van der Waals surface area (Å²) in [6.07, 6.45) is 1.75. The molecule has 2 aromatic heterocycles. The van der Waals surface area contributed by atoms with Gasteiger partial charge in [-0.15, -0.1) is 0 Å². The molecule has 0 aliphatic carbocycles. The van der Waals surface area contributed by atoms with Gasteiger partial charge < -0.3 is 10.3 Å². The fourth-order valence-electron chi connectivity index (χ4n) is 2.72. The zero-order valence-corrected chi connectivity index (χ0v) is 15.3. The third-order valence-electron chi connectivity index (χ3n) is 4.06. The Morgan fingerprint density at radius 2 is 1.76 bits per heavy atom. The maximum atomic E-state index is 12.8. The number of aryl methyl sites for hydroxylation is 3. The van der Waals surface area contributed by atoms with Crippen LogP contribution in [0.15, 0.2) is 41.3 Å². The van der Waals surface area contributed by atoms with Crippen LogP contribution in [0.5, 0.6) is 0 Å². The average molecular weight is 337 g/mol. The molecule has 1 amide bonds. The van der Waals surface area contributed by atoms with E-state index in [0.29, 0.717) is 16.7 Å². The molecule has 0 fully saturated rings. The van der Waals surface area contributed by atoms with E-state index in [-0.39, 0.29) is 5.56 Å². The maximum absolute atomic E-state index is 12.8. The normalized spacial score (nSPS) is 10.3. The van der Waals surface area contributed by atoms with Gasteiger partial charge in [0.1, 0.15) is 0 Å². The summed E-state index contributed by atoms with van der Waals surface area (Å²) in [5, 5.41) is 0.872. The topological polar surface area (TPSA) is 78.0 Å². The fraction of sp³-hybridized carbons (Fsp3) is 0.250. The van der Waals surface area contributed by atoms with Gasteiger partial charge in [0.05, 0.1) is 5.52 Å². The summed E-state index contributed by atoms with van der Waals surface area (Å²) in [4.78, 5) is 28.5. The van der Waals surface area contributed by atoms with Gasteiger partial charge in [0.2, 0.25) is 5.91 Å². The third kappa shape index (κ3) is 3.45. The van der Waals surface area contributed by atoms with Crippen LogP contribution in [0, 0.1) is 13.8 Å². The van der Waals surface area contributed by atoms with Crippen molar-refractivity contribution in [2.75, 3.05) is 0 Å². The third-order valence-corrected chi connectivity index (χ3v) is 4.06. The summed E-state index contributed by atoms with van der Waals surface area (Å²) in [7, 11) is 1.74. The highest BCUT2D eigenvalue weighted by Crippen LogP contribution is 2.25. The number of pyridine rings is 2. The van der Waals surface area contributed by atoms with Crippen molar-refractivity contribution < 1.29 is 4.79 Å². The van der Waals surface area contributed by atoms with Gasteiger partial charge in [-0.3, -0.25) is 14.6 Å². The van der Waals surface area contributed by atoms with Gasteiger partial charge >= 0.3 is 0 Å². The number of carbonyl (C=O) groups excluding carboxylic acids is 1. The van der Waals surface area contributed by atoms with Crippen molar-refractivity contribution in [1.29, 1.82) is 0 Å². The van der Waals surface area contributed by atoms with Crippen molar-refractivity contribution in [2.24, 2.45) is 12.8 Å². The van der Waals surface area contributed by atoms with Gasteiger partial charge in [0.25, 0.3) is 5.56 Å². The zero-order chi connectivity index (χ0) is 18.7. The molecule has 0 aliphatic heterocycles. The van der Waals surface area contributed by atoms with Crippen LogP contribution in [-0.4, -0.2) is 15.5 Å². The van der Waals surface area contributed by atoms with Crippen molar-refractivity contribution in [3.8, 4) is 11.1 Å². The number of amides is 1. The number of hydrogen-bond donors (Lipinski definition) is 1. The molecular formula is C20H23N3O2. The smallest absolute Gasteiger partial charge is 0.258 e. The lowest BCUT2D eigenvalue weighted by Crippen LogP contribution is -2.20. The molecule has 2 heterocycles. The molecular weight excluding hydrogens is 314 g/mol. The molecule has 25 heavy (non-hydrogen) atoms. The number of primary amides is 1. The molecule has 3 aromatic rings. The lowest BCUT2D eigenvalue weighted by molar-refractivity contribution is 0.100. The Hall–Kier alpha value is -2.95. The van der Waals surface area contributed by atoms with Crippen LogP contribution in [0.3, 0.4) is 0 Å². The quantitative estimate of drug-likeness (QED) is 0.779. The first-order valence-corrected chi connectivity index (χ1v) is 8.25. The van der Waals surface area contributed by atoms with E-state index in [4.69, 9.17) is 5.73 Å². The highest BCUT2D eigenvalue weighted by Gasteiger charge is 2.13. The van der Waals surface area contributed by atoms with Crippen LogP contribution in [0.4, 0.5) is 0 Å². The lowest BCUT2D eigenvalue weighted by atomic mass is 9.98. The molecule has 0 aliphatic rings. The van der Waals surface area contributed by atoms with Crippen LogP contribution in [-0.2, 0) is 7.05 Å². The van der Waals surface area contributed by atoms with E-state index in [9.17, 15) is 9.59 Å². The maximum Gasteiger partial charge on any atom is 0.258 e. The first-order chi connectivity index (χ1) is 11.9. The second-order valence-electron chi connectivity index (χ2n) is 5.70. The molecule has 0 saturated carbocycles. The summed E-state index contributed by atoms with van der Waals surface area (Å²) in [6.45, 7) is 7.79. The van der Waals surface area contributed by atoms with Crippen molar-refractivity contribution >= 4 is 16.8 Å². The summed E-state index contributed by atoms with van der Waals surface area (Å²) < 4.78 is 1.61. The molecule has 0 saturated heterocycles. The summed E-state index contributed by atoms with van der Waals surface area (Å²) in [5.41, 5.74) is 9.46. The molecule has 5 nitrogen and oxygen atoms in total. The predicted molar refractivity (Wildman–Crippen MR) is 102 cm³/mol. The van der Waals surface area contributed by atoms with Gasteiger partial charge in [0.15, 0.2) is 0 Å². The highest BCUT2D eigenvalue weighted by atomic mass is 16.1. The Kier molecular flexibility index (Phi) is 5.37. The number of nitrogens with two attached hydrogens (primary N) is 1. The Bertz CT molecular complexity index is 1000. The Morgan fingerprint density at radius 1 is 1.08 bits per heavy atom. The van der Waals surface area contributed by atoms with Crippen LogP contribution in [0.1, 0.15) is 35.5 Å². The standard InChI is InChI=1S/C18H17N3O2.C2H6/c1-10-4-5-12(17(19)22)7-14(10)15-8-13-9-20-11(2)6-16(13)21(3)18(15)23;1-2/h4-9H,1-3H3,(H2,19,22);1-2H3. The van der Waals surface area contributed by atoms with Crippen molar-refractivity contribution in [3.05, 3.63) is 63.7 Å². The molecule has 0 spiro atoms. The minimum Gasteiger partial charge on any atom is -0.366 e. The molecule has 0 atom stereocenters. The molecule has 5 heteroatoms. The van der Waals surface area contributed by atoms with E-state index in [1.54, 1.807) is 36.0 Å². The second-order valence-corrected chi connectivity index (χ2v) is 5.70. The Morgan fingerprint density at radius 3 is 2.40 bits per heavy atom. The first-order valence-electron chi connectivity index (χ1n) is 8.25. The summed E-state index contributed by atoms with van der Waals surface area (Å²) in [6, 6.07) is 8.83. The molecule has 0 bridgehead atoms. The molecule has 130 valence electrons. The Labute approximate surface area is 147 Å². The number of aromatic nitrogens is 2. The van der Waals surface area contributed by atoms with Gasteiger partial charge in [0, 0.05) is 35.5 Å². The van der Waals surface area contributed by atoms with Crippen molar-refractivity contribution in [3.63, 3.8) is 0 Å². The van der Waals surface area contributed by atoms with Crippen LogP contribution < -0.4 is 11.3 Å². The molecule has 3 rings (SSSR count). The SMILES string of the molecule is CC.Cc1cc2c(cn1)cc(-c1cc(C(N)=O)ccc1C)c(=O)n2C. The second kappa shape index (κ2) is 7.30. The zero-order valence-electron chi connectivity index (χ0n) is 15.3. The average Bonchev–Trinajstić information content (AvgIpc) is 2.61. The van der Waals surface area contributed by atoms with Gasteiger partial charge in [-0.05, 0) is 49.2 Å². The van der Waals surface area contributed by atoms with E-state index in [0.717, 1.165) is 22.2 Å². The molecule has 2 N–H and O–H groups in total. The summed E-state index contributed by atoms with van der Waals surface area (Å²) in [5.74, 6) is -0.513. The number of fused-ring (bicyclic) bond motifs is 1. The minimum absolute atomic E-state index is 0.118. The first kappa shape index (κ1) is 18.4. The Balaban J connectivity index is 0.00000109. The van der Waals surface area contributed by atoms with Crippen LogP contribution >= 0.6 is 0 Å². The van der Waals surface area contributed by atoms with E-state index in [1.807, 2.05) is 39.8 Å². The van der Waals surface area contributed by atoms with E-state index >= 15 is 0 Å². The summed E-state index contributed by atoms with van der Waals surface area (Å²) >= 11 is 0. The number of nitrogens with zero attached hydrogens (tertiary/aromatic N) is 2. The lowest BCUT2D eigenvalue weighted by Gasteiger charge is -2.12. The highest BCUT2D eigenvalue weighted by molar-refractivity contribution is 5.95. The fourth-order valence-corrected chi connectivity index (χ4v) is 2.72. The van der Waals surface area contributed by atoms with E-state index < -0.39 is 5.91 Å². The number of carbonyl (C=O) groups is 1. The van der Waals surface area contributed by atoms with Gasteiger partial charge in [-0.1, -0.05) is 19.9 Å². The largest absolute Gasteiger partial charge is 0.366 e. The van der Waals surface area contributed by atoms with Crippen LogP contribution in [0.2, 0.25) is 0 Å². The minimum atomic E-state index is -0.513. The van der Waals surface area contributed by atoms with Crippen LogP contribution in [0.25, 0.3) is 22.0 Å². The van der Waals surface area contributed by atoms with E-state index in [1.165, 1.54) is 0 Å². The van der Waals surface area contributed by atoms with Crippen molar-refractivity contribution in [2.45, 2.75) is 27.7 Å². The number of benzene rings is 1. The van der Waals surface area contributed by atoms with E-state index in [2.05, 4.69) is 4.98 Å². The number of hydrogen-bond acceptors (Lipinski definition) is 3. The monoisotopic (exact) mass is 337 g/mol. The van der Waals surface area contributed by atoms with Crippen molar-refractivity contribution in [1.82, 2.24) is 9.55 Å².